The maximum absolute atomic E-state index is 5.64. The van der Waals surface area contributed by atoms with Crippen LogP contribution >= 0.6 is 24.0 Å². The summed E-state index contributed by atoms with van der Waals surface area (Å²) in [6.45, 7) is 8.49. The van der Waals surface area contributed by atoms with Gasteiger partial charge in [-0.05, 0) is 50.6 Å². The van der Waals surface area contributed by atoms with E-state index in [0.717, 1.165) is 23.5 Å². The molecule has 0 fully saturated rings. The Labute approximate surface area is 184 Å². The fourth-order valence-electron chi connectivity index (χ4n) is 2.54. The third-order valence-corrected chi connectivity index (χ3v) is 3.70. The Kier molecular flexibility index (Phi) is 11.2. The third-order valence-electron chi connectivity index (χ3n) is 3.70. The summed E-state index contributed by atoms with van der Waals surface area (Å²) in [6, 6.07) is 13.7. The molecule has 6 nitrogen and oxygen atoms in total. The molecule has 0 atom stereocenters. The Balaban J connectivity index is 0.00000392. The predicted octanol–water partition coefficient (Wildman–Crippen LogP) is 4.69. The summed E-state index contributed by atoms with van der Waals surface area (Å²) in [4.78, 5) is 4.67. The number of benzene rings is 2. The van der Waals surface area contributed by atoms with Crippen molar-refractivity contribution in [1.29, 1.82) is 0 Å². The van der Waals surface area contributed by atoms with E-state index in [9.17, 15) is 0 Å². The minimum absolute atomic E-state index is 0. The minimum atomic E-state index is 0. The monoisotopic (exact) mass is 499 g/mol. The molecule has 2 rings (SSSR count). The molecular formula is C21H30IN3O3. The second-order valence-electron chi connectivity index (χ2n) is 5.70. The molecule has 2 aromatic carbocycles. The number of halogens is 1. The lowest BCUT2D eigenvalue weighted by molar-refractivity contribution is 0.311. The molecule has 0 aromatic heterocycles. The van der Waals surface area contributed by atoms with Gasteiger partial charge in [0.15, 0.2) is 17.5 Å². The van der Waals surface area contributed by atoms with Gasteiger partial charge in [0, 0.05) is 18.3 Å². The topological polar surface area (TPSA) is 64.1 Å². The first kappa shape index (κ1) is 23.9. The normalized spacial score (nSPS) is 10.6. The summed E-state index contributed by atoms with van der Waals surface area (Å²) in [5.74, 6) is 2.97. The highest BCUT2D eigenvalue weighted by Gasteiger charge is 2.07. The summed E-state index contributed by atoms with van der Waals surface area (Å²) < 4.78 is 16.5. The molecule has 0 radical (unpaired) electrons. The molecule has 2 N–H and O–H groups in total. The third kappa shape index (κ3) is 7.46. The highest BCUT2D eigenvalue weighted by Crippen LogP contribution is 2.30. The zero-order chi connectivity index (χ0) is 19.5. The molecule has 28 heavy (non-hydrogen) atoms. The standard InChI is InChI=1S/C21H29N3O3.HI/c1-5-22-21(23-15-16-9-8-10-18(13-16)26-6-2)24-17-11-12-19(25-4)20(14-17)27-7-3;/h8-14H,5-7,15H2,1-4H3,(H2,22,23,24);1H. The lowest BCUT2D eigenvalue weighted by Gasteiger charge is -2.14. The van der Waals surface area contributed by atoms with Crippen molar-refractivity contribution in [3.8, 4) is 17.2 Å². The van der Waals surface area contributed by atoms with E-state index in [-0.39, 0.29) is 24.0 Å². The van der Waals surface area contributed by atoms with Crippen LogP contribution in [-0.2, 0) is 6.54 Å². The molecular weight excluding hydrogens is 469 g/mol. The highest BCUT2D eigenvalue weighted by atomic mass is 127. The smallest absolute Gasteiger partial charge is 0.196 e. The number of rotatable bonds is 9. The molecule has 0 heterocycles. The Hall–Kier alpha value is -2.16. The summed E-state index contributed by atoms with van der Waals surface area (Å²) >= 11 is 0. The minimum Gasteiger partial charge on any atom is -0.494 e. The molecule has 2 aromatic rings. The molecule has 0 aliphatic rings. The number of anilines is 1. The van der Waals surface area contributed by atoms with Gasteiger partial charge in [-0.1, -0.05) is 12.1 Å². The van der Waals surface area contributed by atoms with E-state index >= 15 is 0 Å². The van der Waals surface area contributed by atoms with Crippen molar-refractivity contribution >= 4 is 35.6 Å². The summed E-state index contributed by atoms with van der Waals surface area (Å²) in [7, 11) is 1.63. The number of aliphatic imine (C=N–C) groups is 1. The zero-order valence-electron chi connectivity index (χ0n) is 17.0. The molecule has 0 aliphatic carbocycles. The Morgan fingerprint density at radius 3 is 2.43 bits per heavy atom. The van der Waals surface area contributed by atoms with Crippen molar-refractivity contribution in [2.45, 2.75) is 27.3 Å². The molecule has 7 heteroatoms. The van der Waals surface area contributed by atoms with Gasteiger partial charge in [0.25, 0.3) is 0 Å². The number of nitrogens with zero attached hydrogens (tertiary/aromatic N) is 1. The van der Waals surface area contributed by atoms with E-state index in [0.29, 0.717) is 37.2 Å². The van der Waals surface area contributed by atoms with Crippen LogP contribution in [0, 0.1) is 0 Å². The number of guanidine groups is 1. The first-order chi connectivity index (χ1) is 13.2. The molecule has 0 aliphatic heterocycles. The predicted molar refractivity (Wildman–Crippen MR) is 126 cm³/mol. The van der Waals surface area contributed by atoms with Gasteiger partial charge in [-0.2, -0.15) is 0 Å². The van der Waals surface area contributed by atoms with Crippen molar-refractivity contribution in [2.75, 3.05) is 32.2 Å². The molecule has 0 spiro atoms. The number of methoxy groups -OCH3 is 1. The molecule has 0 unspecified atom stereocenters. The van der Waals surface area contributed by atoms with Crippen molar-refractivity contribution in [3.63, 3.8) is 0 Å². The Bertz CT molecular complexity index is 753. The van der Waals surface area contributed by atoms with E-state index in [1.807, 2.05) is 63.2 Å². The zero-order valence-corrected chi connectivity index (χ0v) is 19.3. The first-order valence-electron chi connectivity index (χ1n) is 9.28. The molecule has 0 bridgehead atoms. The highest BCUT2D eigenvalue weighted by molar-refractivity contribution is 14.0. The summed E-state index contributed by atoms with van der Waals surface area (Å²) in [5.41, 5.74) is 1.96. The number of hydrogen-bond acceptors (Lipinski definition) is 4. The van der Waals surface area contributed by atoms with Crippen LogP contribution in [0.3, 0.4) is 0 Å². The van der Waals surface area contributed by atoms with Gasteiger partial charge >= 0.3 is 0 Å². The quantitative estimate of drug-likeness (QED) is 0.298. The second-order valence-corrected chi connectivity index (χ2v) is 5.70. The van der Waals surface area contributed by atoms with Crippen molar-refractivity contribution in [2.24, 2.45) is 4.99 Å². The lowest BCUT2D eigenvalue weighted by Crippen LogP contribution is -2.30. The molecule has 0 saturated carbocycles. The van der Waals surface area contributed by atoms with Crippen LogP contribution in [0.4, 0.5) is 5.69 Å². The number of hydrogen-bond donors (Lipinski definition) is 2. The maximum atomic E-state index is 5.64. The Morgan fingerprint density at radius 2 is 1.75 bits per heavy atom. The van der Waals surface area contributed by atoms with Crippen molar-refractivity contribution in [1.82, 2.24) is 5.32 Å². The second kappa shape index (κ2) is 13.1. The van der Waals surface area contributed by atoms with E-state index in [4.69, 9.17) is 14.2 Å². The number of nitrogens with one attached hydrogen (secondary N) is 2. The fraction of sp³-hybridized carbons (Fsp3) is 0.381. The molecule has 0 saturated heterocycles. The van der Waals surface area contributed by atoms with E-state index in [1.165, 1.54) is 0 Å². The van der Waals surface area contributed by atoms with Crippen LogP contribution in [-0.4, -0.2) is 32.8 Å². The van der Waals surface area contributed by atoms with E-state index < -0.39 is 0 Å². The van der Waals surface area contributed by atoms with Crippen LogP contribution < -0.4 is 24.8 Å². The van der Waals surface area contributed by atoms with Gasteiger partial charge in [-0.25, -0.2) is 4.99 Å². The van der Waals surface area contributed by atoms with Gasteiger partial charge < -0.3 is 24.8 Å². The maximum Gasteiger partial charge on any atom is 0.196 e. The largest absolute Gasteiger partial charge is 0.494 e. The Morgan fingerprint density at radius 1 is 0.964 bits per heavy atom. The van der Waals surface area contributed by atoms with E-state index in [1.54, 1.807) is 7.11 Å². The van der Waals surface area contributed by atoms with Gasteiger partial charge in [-0.15, -0.1) is 24.0 Å². The average molecular weight is 499 g/mol. The average Bonchev–Trinajstić information content (AvgIpc) is 2.67. The number of ether oxygens (including phenoxy) is 3. The fourth-order valence-corrected chi connectivity index (χ4v) is 2.54. The lowest BCUT2D eigenvalue weighted by atomic mass is 10.2. The van der Waals surface area contributed by atoms with Crippen molar-refractivity contribution in [3.05, 3.63) is 48.0 Å². The van der Waals surface area contributed by atoms with Crippen LogP contribution in [0.1, 0.15) is 26.3 Å². The van der Waals surface area contributed by atoms with Gasteiger partial charge in [0.2, 0.25) is 0 Å². The van der Waals surface area contributed by atoms with Gasteiger partial charge in [0.1, 0.15) is 5.75 Å². The van der Waals surface area contributed by atoms with Crippen molar-refractivity contribution < 1.29 is 14.2 Å². The van der Waals surface area contributed by atoms with Crippen LogP contribution in [0.5, 0.6) is 17.2 Å². The van der Waals surface area contributed by atoms with Gasteiger partial charge in [0.05, 0.1) is 26.9 Å². The molecule has 0 amide bonds. The van der Waals surface area contributed by atoms with Crippen LogP contribution in [0.15, 0.2) is 47.5 Å². The summed E-state index contributed by atoms with van der Waals surface area (Å²) in [6.07, 6.45) is 0. The van der Waals surface area contributed by atoms with Crippen LogP contribution in [0.25, 0.3) is 0 Å². The van der Waals surface area contributed by atoms with E-state index in [2.05, 4.69) is 15.6 Å². The first-order valence-corrected chi connectivity index (χ1v) is 9.28. The van der Waals surface area contributed by atoms with Crippen LogP contribution in [0.2, 0.25) is 0 Å². The van der Waals surface area contributed by atoms with Gasteiger partial charge in [-0.3, -0.25) is 0 Å². The summed E-state index contributed by atoms with van der Waals surface area (Å²) in [5, 5.41) is 6.57. The molecule has 154 valence electrons. The SMILES string of the molecule is CCNC(=NCc1cccc(OCC)c1)Nc1ccc(OC)c(OCC)c1.I.